The van der Waals surface area contributed by atoms with E-state index in [-0.39, 0.29) is 18.7 Å². The zero-order chi connectivity index (χ0) is 34.1. The number of nitrogens with zero attached hydrogens (tertiary/aromatic N) is 2. The monoisotopic (exact) mass is 689 g/mol. The third-order valence-electron chi connectivity index (χ3n) is 8.13. The van der Waals surface area contributed by atoms with Crippen LogP contribution in [0.3, 0.4) is 0 Å². The van der Waals surface area contributed by atoms with Gasteiger partial charge in [-0.15, -0.1) is 0 Å². The van der Waals surface area contributed by atoms with Gasteiger partial charge in [0, 0.05) is 16.5 Å². The molecule has 3 aromatic carbocycles. The van der Waals surface area contributed by atoms with Gasteiger partial charge in [0.15, 0.2) is 11.5 Å². The molecule has 0 aliphatic carbocycles. The van der Waals surface area contributed by atoms with Crippen molar-refractivity contribution < 1.29 is 38.1 Å². The number of esters is 1. The number of thioether (sulfide) groups is 1. The lowest BCUT2D eigenvalue weighted by molar-refractivity contribution is -0.122. The number of rotatable bonds is 10. The predicted octanol–water partition coefficient (Wildman–Crippen LogP) is 4.55. The Balaban J connectivity index is 1.39. The van der Waals surface area contributed by atoms with Gasteiger partial charge in [-0.25, -0.2) is 9.69 Å². The fraction of sp³-hybridized carbons (Fsp3) is 0.265. The van der Waals surface area contributed by atoms with Crippen LogP contribution in [-0.2, 0) is 25.7 Å². The molecule has 12 nitrogen and oxygen atoms in total. The number of fused-ring (bicyclic) bond motifs is 2. The Morgan fingerprint density at radius 3 is 2.21 bits per heavy atom. The van der Waals surface area contributed by atoms with E-state index in [2.05, 4.69) is 5.32 Å². The van der Waals surface area contributed by atoms with Crippen molar-refractivity contribution in [3.63, 3.8) is 0 Å². The molecule has 1 saturated heterocycles. The van der Waals surface area contributed by atoms with Crippen LogP contribution in [0.15, 0.2) is 76.6 Å². The molecule has 48 heavy (non-hydrogen) atoms. The molecular formula is C34H31N3O9S2. The van der Waals surface area contributed by atoms with E-state index in [1.165, 1.54) is 43.1 Å². The first-order valence-electron chi connectivity index (χ1n) is 14.9. The number of ether oxygens (including phenoxy) is 4. The van der Waals surface area contributed by atoms with Gasteiger partial charge in [0.1, 0.15) is 17.5 Å². The Morgan fingerprint density at radius 2 is 1.56 bits per heavy atom. The highest BCUT2D eigenvalue weighted by molar-refractivity contribution is 8.00. The van der Waals surface area contributed by atoms with E-state index in [9.17, 15) is 24.0 Å². The molecule has 6 rings (SSSR count). The molecule has 0 bridgehead atoms. The predicted molar refractivity (Wildman–Crippen MR) is 180 cm³/mol. The SMILES string of the molecule is CCOC(=O)c1ccc(N2C(=O)[C@@H]3[C@H](c4ccc(OC)c(OC)c4)c4sc(=O)n(CC(=O)Nc5ccc(OC)cc5)c4S[C@@H]3C2=O)cc1. The lowest BCUT2D eigenvalue weighted by Crippen LogP contribution is -2.33. The van der Waals surface area contributed by atoms with Crippen LogP contribution in [0.4, 0.5) is 11.4 Å². The smallest absolute Gasteiger partial charge is 0.338 e. The van der Waals surface area contributed by atoms with Crippen molar-refractivity contribution in [2.75, 3.05) is 38.2 Å². The Labute approximate surface area is 283 Å². The van der Waals surface area contributed by atoms with Crippen molar-refractivity contribution in [3.05, 3.63) is 92.4 Å². The largest absolute Gasteiger partial charge is 0.497 e. The molecule has 248 valence electrons. The number of benzene rings is 3. The lowest BCUT2D eigenvalue weighted by atomic mass is 9.83. The molecule has 1 N–H and O–H groups in total. The summed E-state index contributed by atoms with van der Waals surface area (Å²) in [6.45, 7) is 1.61. The molecule has 3 atom stereocenters. The second-order valence-corrected chi connectivity index (χ2v) is 13.0. The molecule has 0 radical (unpaired) electrons. The Hall–Kier alpha value is -5.08. The van der Waals surface area contributed by atoms with Gasteiger partial charge in [0.2, 0.25) is 17.7 Å². The van der Waals surface area contributed by atoms with Crippen LogP contribution in [0.1, 0.15) is 33.6 Å². The number of thiazole rings is 1. The first-order chi connectivity index (χ1) is 23.2. The highest BCUT2D eigenvalue weighted by Gasteiger charge is 2.57. The van der Waals surface area contributed by atoms with Gasteiger partial charge in [0.05, 0.1) is 50.1 Å². The van der Waals surface area contributed by atoms with Crippen molar-refractivity contribution >= 4 is 58.2 Å². The van der Waals surface area contributed by atoms with Gasteiger partial charge < -0.3 is 24.3 Å². The standard InChI is InChI=1S/C34H31N3O9S2/c1-5-46-33(41)18-6-11-21(12-7-18)37-30(39)27-26(19-8-15-23(44-3)24(16-19)45-4)29-32(47-28(27)31(37)40)36(34(42)48-29)17-25(38)35-20-9-13-22(43-2)14-10-20/h6-16,26-28H,5,17H2,1-4H3,(H,35,38)/t26-,27+,28-/m0/s1. The summed E-state index contributed by atoms with van der Waals surface area (Å²) in [5.74, 6) is -1.94. The number of hydrogen-bond donors (Lipinski definition) is 1. The summed E-state index contributed by atoms with van der Waals surface area (Å²) in [5.41, 5.74) is 1.75. The maximum atomic E-state index is 14.3. The van der Waals surface area contributed by atoms with Gasteiger partial charge in [-0.1, -0.05) is 29.2 Å². The average Bonchev–Trinajstić information content (AvgIpc) is 3.54. The minimum atomic E-state index is -0.905. The van der Waals surface area contributed by atoms with Crippen LogP contribution >= 0.6 is 23.1 Å². The molecule has 1 fully saturated rings. The van der Waals surface area contributed by atoms with E-state index < -0.39 is 45.6 Å². The van der Waals surface area contributed by atoms with E-state index in [0.717, 1.165) is 28.0 Å². The van der Waals surface area contributed by atoms with Crippen LogP contribution in [-0.4, -0.2) is 61.4 Å². The van der Waals surface area contributed by atoms with Crippen LogP contribution in [0, 0.1) is 5.92 Å². The second kappa shape index (κ2) is 13.6. The number of imide groups is 1. The molecule has 1 aromatic heterocycles. The van der Waals surface area contributed by atoms with Crippen molar-refractivity contribution in [2.45, 2.75) is 29.7 Å². The first kappa shape index (κ1) is 32.8. The average molecular weight is 690 g/mol. The van der Waals surface area contributed by atoms with Crippen molar-refractivity contribution in [3.8, 4) is 17.2 Å². The molecule has 0 saturated carbocycles. The first-order valence-corrected chi connectivity index (χ1v) is 16.6. The van der Waals surface area contributed by atoms with E-state index in [1.807, 2.05) is 0 Å². The Kier molecular flexibility index (Phi) is 9.29. The summed E-state index contributed by atoms with van der Waals surface area (Å²) in [5, 5.41) is 2.33. The quantitative estimate of drug-likeness (QED) is 0.186. The lowest BCUT2D eigenvalue weighted by Gasteiger charge is -2.31. The summed E-state index contributed by atoms with van der Waals surface area (Å²) >= 11 is 2.04. The summed E-state index contributed by atoms with van der Waals surface area (Å²) in [6, 6.07) is 18.1. The fourth-order valence-corrected chi connectivity index (χ4v) is 8.67. The topological polar surface area (TPSA) is 142 Å². The number of hydrogen-bond acceptors (Lipinski definition) is 11. The third-order valence-corrected chi connectivity index (χ3v) is 10.7. The van der Waals surface area contributed by atoms with Crippen LogP contribution in [0.25, 0.3) is 0 Å². The third kappa shape index (κ3) is 5.92. The minimum Gasteiger partial charge on any atom is -0.497 e. The summed E-state index contributed by atoms with van der Waals surface area (Å²) < 4.78 is 22.6. The fourth-order valence-electron chi connectivity index (χ4n) is 5.89. The van der Waals surface area contributed by atoms with Gasteiger partial charge in [-0.3, -0.25) is 23.7 Å². The van der Waals surface area contributed by atoms with Crippen LogP contribution < -0.4 is 29.3 Å². The second-order valence-electron chi connectivity index (χ2n) is 10.8. The number of carbonyl (C=O) groups is 4. The molecule has 4 aromatic rings. The van der Waals surface area contributed by atoms with Gasteiger partial charge >= 0.3 is 10.8 Å². The summed E-state index contributed by atoms with van der Waals surface area (Å²) in [6.07, 6.45) is 0. The van der Waals surface area contributed by atoms with Crippen molar-refractivity contribution in [1.82, 2.24) is 4.57 Å². The number of methoxy groups -OCH3 is 3. The van der Waals surface area contributed by atoms with E-state index in [0.29, 0.717) is 44.1 Å². The summed E-state index contributed by atoms with van der Waals surface area (Å²) in [7, 11) is 4.55. The van der Waals surface area contributed by atoms with Gasteiger partial charge in [0.25, 0.3) is 0 Å². The maximum Gasteiger partial charge on any atom is 0.338 e. The van der Waals surface area contributed by atoms with E-state index in [4.69, 9.17) is 18.9 Å². The van der Waals surface area contributed by atoms with E-state index in [1.54, 1.807) is 56.5 Å². The number of carbonyl (C=O) groups excluding carboxylic acids is 4. The molecule has 14 heteroatoms. The molecule has 0 unspecified atom stereocenters. The maximum absolute atomic E-state index is 14.3. The molecule has 3 amide bonds. The molecule has 2 aliphatic rings. The normalized spacial score (nSPS) is 18.2. The zero-order valence-electron chi connectivity index (χ0n) is 26.4. The Bertz CT molecular complexity index is 1950. The van der Waals surface area contributed by atoms with Gasteiger partial charge in [-0.2, -0.15) is 0 Å². The zero-order valence-corrected chi connectivity index (χ0v) is 28.0. The van der Waals surface area contributed by atoms with Crippen LogP contribution in [0.5, 0.6) is 17.2 Å². The minimum absolute atomic E-state index is 0.208. The van der Waals surface area contributed by atoms with Crippen molar-refractivity contribution in [1.29, 1.82) is 0 Å². The Morgan fingerprint density at radius 1 is 0.854 bits per heavy atom. The number of anilines is 2. The number of amides is 3. The van der Waals surface area contributed by atoms with Gasteiger partial charge in [-0.05, 0) is 73.2 Å². The molecule has 3 heterocycles. The molecule has 0 spiro atoms. The van der Waals surface area contributed by atoms with Crippen LogP contribution in [0.2, 0.25) is 0 Å². The highest BCUT2D eigenvalue weighted by atomic mass is 32.2. The molecule has 2 aliphatic heterocycles. The number of nitrogens with one attached hydrogen (secondary N) is 1. The highest BCUT2D eigenvalue weighted by Crippen LogP contribution is 2.54. The number of aromatic nitrogens is 1. The van der Waals surface area contributed by atoms with E-state index >= 15 is 0 Å². The molecular weight excluding hydrogens is 659 g/mol. The summed E-state index contributed by atoms with van der Waals surface area (Å²) in [4.78, 5) is 68.5. The van der Waals surface area contributed by atoms with Crippen molar-refractivity contribution in [2.24, 2.45) is 5.92 Å².